The minimum Gasteiger partial charge on any atom is -0.234 e. The second-order valence-corrected chi connectivity index (χ2v) is 5.40. The first kappa shape index (κ1) is 9.80. The average molecular weight is 373 g/mol. The molecule has 0 aliphatic carbocycles. The quantitative estimate of drug-likeness (QED) is 0.551. The van der Waals surface area contributed by atoms with Crippen LogP contribution in [0.15, 0.2) is 22.7 Å². The van der Waals surface area contributed by atoms with Gasteiger partial charge in [-0.1, -0.05) is 15.9 Å². The van der Waals surface area contributed by atoms with Gasteiger partial charge < -0.3 is 0 Å². The normalized spacial score (nSPS) is 11.9. The fourth-order valence-electron chi connectivity index (χ4n) is 1.11. The van der Waals surface area contributed by atoms with Crippen LogP contribution >= 0.6 is 44.3 Å². The van der Waals surface area contributed by atoms with Crippen molar-refractivity contribution in [3.05, 3.63) is 28.6 Å². The summed E-state index contributed by atoms with van der Waals surface area (Å²) in [6, 6.07) is 5.42. The molecule has 0 spiro atoms. The van der Waals surface area contributed by atoms with Crippen LogP contribution in [0.5, 0.6) is 0 Å². The number of hydrogen-bond donors (Lipinski definition) is 0. The van der Waals surface area contributed by atoms with Crippen molar-refractivity contribution in [3.63, 3.8) is 0 Å². The van der Waals surface area contributed by atoms with E-state index in [2.05, 4.69) is 43.1 Å². The van der Waals surface area contributed by atoms with Crippen LogP contribution in [0.25, 0.3) is 10.9 Å². The van der Waals surface area contributed by atoms with E-state index in [9.17, 15) is 4.39 Å². The van der Waals surface area contributed by atoms with Gasteiger partial charge >= 0.3 is 0 Å². The maximum atomic E-state index is 13.2. The highest BCUT2D eigenvalue weighted by molar-refractivity contribution is 14.2. The van der Waals surface area contributed by atoms with Crippen molar-refractivity contribution in [2.75, 3.05) is 0 Å². The lowest BCUT2D eigenvalue weighted by Gasteiger charge is -1.95. The topological polar surface area (TPSA) is 17.8 Å². The Morgan fingerprint density at radius 3 is 3.00 bits per heavy atom. The molecular weight excluding hydrogens is 369 g/mol. The summed E-state index contributed by atoms with van der Waals surface area (Å²) in [6.45, 7) is 0. The Morgan fingerprint density at radius 1 is 1.54 bits per heavy atom. The molecule has 1 atom stereocenters. The van der Waals surface area contributed by atoms with Gasteiger partial charge in [-0.05, 0) is 40.2 Å². The van der Waals surface area contributed by atoms with Crippen molar-refractivity contribution >= 4 is 55.2 Å². The molecule has 0 aliphatic heterocycles. The fraction of sp³-hybridized carbons (Fsp3) is 0. The summed E-state index contributed by atoms with van der Waals surface area (Å²) >= 11 is 5.51. The van der Waals surface area contributed by atoms with Gasteiger partial charge in [0.15, 0.2) is 0 Å². The minimum absolute atomic E-state index is 0.397. The van der Waals surface area contributed by atoms with E-state index < -0.39 is 5.95 Å². The number of benzene rings is 1. The molecule has 0 saturated heterocycles. The van der Waals surface area contributed by atoms with Gasteiger partial charge in [-0.15, -0.1) is 5.10 Å². The molecule has 0 radical (unpaired) electrons. The Kier molecular flexibility index (Phi) is 2.86. The van der Waals surface area contributed by atoms with E-state index >= 15 is 0 Å². The second-order valence-electron chi connectivity index (χ2n) is 2.45. The van der Waals surface area contributed by atoms with E-state index in [1.165, 1.54) is 0 Å². The molecule has 0 amide bonds. The summed E-state index contributed by atoms with van der Waals surface area (Å²) in [6.07, 6.45) is 0.416. The third-order valence-corrected chi connectivity index (χ3v) is 4.04. The van der Waals surface area contributed by atoms with E-state index in [1.807, 2.05) is 12.1 Å². The molecule has 2 rings (SSSR count). The Hall–Kier alpha value is 0.260. The average Bonchev–Trinajstić information content (AvgIpc) is 2.42. The smallest absolute Gasteiger partial charge is 0.234 e. The van der Waals surface area contributed by atoms with Crippen LogP contribution in [0.1, 0.15) is 0 Å². The zero-order valence-corrected chi connectivity index (χ0v) is 11.0. The monoisotopic (exact) mass is 372 g/mol. The van der Waals surface area contributed by atoms with Crippen LogP contribution in [-0.2, 0) is 0 Å². The van der Waals surface area contributed by atoms with Gasteiger partial charge in [0.05, 0.1) is 17.3 Å². The molecule has 6 heteroatoms. The van der Waals surface area contributed by atoms with Crippen LogP contribution in [0.4, 0.5) is 4.39 Å². The van der Waals surface area contributed by atoms with E-state index in [0.29, 0.717) is 11.8 Å². The number of halogens is 3. The minimum atomic E-state index is -0.397. The van der Waals surface area contributed by atoms with Crippen LogP contribution in [-0.4, -0.2) is 9.55 Å². The lowest BCUT2D eigenvalue weighted by atomic mass is 10.3. The standard InChI is InChI=1S/C7H4BrFIN2P/c8-4-1-2-5-6(3-4)12(13-10)11-7(5)9/h1-3,13H. The molecule has 13 heavy (non-hydrogen) atoms. The summed E-state index contributed by atoms with van der Waals surface area (Å²) < 4.78 is 15.8. The summed E-state index contributed by atoms with van der Waals surface area (Å²) in [5.41, 5.74) is 0.833. The molecule has 1 aromatic carbocycles. The summed E-state index contributed by atoms with van der Waals surface area (Å²) in [4.78, 5) is 0. The van der Waals surface area contributed by atoms with Gasteiger partial charge in [-0.25, -0.2) is 4.45 Å². The van der Waals surface area contributed by atoms with E-state index in [1.54, 1.807) is 10.5 Å². The summed E-state index contributed by atoms with van der Waals surface area (Å²) in [5, 5.41) is 4.36. The van der Waals surface area contributed by atoms with Crippen molar-refractivity contribution < 1.29 is 4.39 Å². The number of hydrogen-bond acceptors (Lipinski definition) is 1. The van der Waals surface area contributed by atoms with Crippen molar-refractivity contribution in [1.29, 1.82) is 0 Å². The highest BCUT2D eigenvalue weighted by Gasteiger charge is 2.08. The first-order chi connectivity index (χ1) is 6.22. The van der Waals surface area contributed by atoms with Gasteiger partial charge in [0.25, 0.3) is 0 Å². The summed E-state index contributed by atoms with van der Waals surface area (Å²) in [7, 11) is 0. The van der Waals surface area contributed by atoms with Crippen LogP contribution in [0.2, 0.25) is 0 Å². The predicted octanol–water partition coefficient (Wildman–Crippen LogP) is 3.73. The first-order valence-corrected chi connectivity index (χ1v) is 8.28. The zero-order valence-electron chi connectivity index (χ0n) is 6.26. The van der Waals surface area contributed by atoms with Crippen LogP contribution in [0, 0.1) is 5.95 Å². The van der Waals surface area contributed by atoms with Crippen molar-refractivity contribution in [3.8, 4) is 0 Å². The molecule has 1 unspecified atom stereocenters. The second kappa shape index (κ2) is 3.79. The lowest BCUT2D eigenvalue weighted by molar-refractivity contribution is 0.583. The van der Waals surface area contributed by atoms with Gasteiger partial charge in [0.2, 0.25) is 5.95 Å². The molecule has 2 aromatic rings. The highest BCUT2D eigenvalue weighted by atomic mass is 127. The Balaban J connectivity index is 2.81. The van der Waals surface area contributed by atoms with Gasteiger partial charge in [-0.3, -0.25) is 0 Å². The van der Waals surface area contributed by atoms with Crippen LogP contribution < -0.4 is 0 Å². The first-order valence-electron chi connectivity index (χ1n) is 3.43. The van der Waals surface area contributed by atoms with Gasteiger partial charge in [-0.2, -0.15) is 4.39 Å². The Labute approximate surface area is 97.3 Å². The fourth-order valence-corrected chi connectivity index (χ4v) is 2.97. The summed E-state index contributed by atoms with van der Waals surface area (Å²) in [5.74, 6) is -0.397. The molecule has 1 heterocycles. The third-order valence-electron chi connectivity index (χ3n) is 1.68. The van der Waals surface area contributed by atoms with E-state index in [4.69, 9.17) is 0 Å². The van der Waals surface area contributed by atoms with Gasteiger partial charge in [0.1, 0.15) is 0 Å². The molecule has 1 aromatic heterocycles. The third kappa shape index (κ3) is 1.74. The van der Waals surface area contributed by atoms with Gasteiger partial charge in [0, 0.05) is 4.47 Å². The zero-order chi connectivity index (χ0) is 9.42. The maximum Gasteiger partial charge on any atom is 0.240 e. The number of aromatic nitrogens is 2. The Morgan fingerprint density at radius 2 is 2.31 bits per heavy atom. The number of rotatable bonds is 1. The molecule has 0 fully saturated rings. The van der Waals surface area contributed by atoms with Crippen molar-refractivity contribution in [2.24, 2.45) is 0 Å². The largest absolute Gasteiger partial charge is 0.240 e. The molecule has 0 N–H and O–H groups in total. The molecule has 68 valence electrons. The van der Waals surface area contributed by atoms with E-state index in [-0.39, 0.29) is 0 Å². The molecule has 2 nitrogen and oxygen atoms in total. The highest BCUT2D eigenvalue weighted by Crippen LogP contribution is 2.31. The molecule has 0 saturated carbocycles. The molecule has 0 aliphatic rings. The lowest BCUT2D eigenvalue weighted by Crippen LogP contribution is -1.82. The Bertz CT molecular complexity index is 459. The van der Waals surface area contributed by atoms with Crippen molar-refractivity contribution in [1.82, 2.24) is 9.55 Å². The number of fused-ring (bicyclic) bond motifs is 1. The number of nitrogens with zero attached hydrogens (tertiary/aromatic N) is 2. The SMILES string of the molecule is Fc1nn(PI)c2cc(Br)ccc12. The molecule has 0 bridgehead atoms. The molecular formula is C7H4BrFIN2P. The van der Waals surface area contributed by atoms with Crippen LogP contribution in [0.3, 0.4) is 0 Å². The predicted molar refractivity (Wildman–Crippen MR) is 65.1 cm³/mol. The van der Waals surface area contributed by atoms with E-state index in [0.717, 1.165) is 9.99 Å². The maximum absolute atomic E-state index is 13.2. The van der Waals surface area contributed by atoms with Crippen molar-refractivity contribution in [2.45, 2.75) is 0 Å².